The molecule has 0 aliphatic carbocycles. The number of amides is 1. The summed E-state index contributed by atoms with van der Waals surface area (Å²) < 4.78 is 19.5. The van der Waals surface area contributed by atoms with Gasteiger partial charge in [0.25, 0.3) is 0 Å². The van der Waals surface area contributed by atoms with Gasteiger partial charge in [-0.1, -0.05) is 58.0 Å². The SMILES string of the molecule is CNCc1coc(-c2nc3oc2C24c5ccccc5N[C@H]2Oc2ccc(cc24)C[C@H](CC(=O)[C@@H](O)C(C)C)C(=O)N[C@H]3C(C)C)n1. The highest BCUT2D eigenvalue weighted by atomic mass is 16.5. The number of aromatic nitrogens is 2. The molecule has 4 bridgehead atoms. The van der Waals surface area contributed by atoms with Crippen LogP contribution in [0.4, 0.5) is 5.69 Å². The van der Waals surface area contributed by atoms with Gasteiger partial charge in [0.05, 0.1) is 5.69 Å². The highest BCUT2D eigenvalue weighted by molar-refractivity contribution is 5.89. The van der Waals surface area contributed by atoms with E-state index in [-0.39, 0.29) is 29.9 Å². The van der Waals surface area contributed by atoms with Gasteiger partial charge < -0.3 is 34.6 Å². The molecule has 3 aliphatic rings. The number of carbonyl (C=O) groups is 2. The number of hydrogen-bond donors (Lipinski definition) is 4. The number of fused-ring (bicyclic) bond motifs is 4. The molecule has 0 radical (unpaired) electrons. The molecule has 5 heterocycles. The van der Waals surface area contributed by atoms with E-state index in [1.165, 1.54) is 0 Å². The fraction of sp³-hybridized carbons (Fsp3) is 0.429. The maximum absolute atomic E-state index is 14.0. The first kappa shape index (κ1) is 30.2. The molecule has 1 amide bonds. The van der Waals surface area contributed by atoms with Gasteiger partial charge in [0.2, 0.25) is 17.7 Å². The number of rotatable bonds is 8. The van der Waals surface area contributed by atoms with E-state index in [2.05, 4.69) is 22.0 Å². The molecule has 2 aromatic heterocycles. The third-order valence-corrected chi connectivity index (χ3v) is 9.35. The van der Waals surface area contributed by atoms with Crippen LogP contribution in [0.2, 0.25) is 0 Å². The molecule has 11 nitrogen and oxygen atoms in total. The van der Waals surface area contributed by atoms with Gasteiger partial charge in [-0.05, 0) is 48.6 Å². The molecule has 4 N–H and O–H groups in total. The molecule has 11 heteroatoms. The van der Waals surface area contributed by atoms with Crippen molar-refractivity contribution in [2.75, 3.05) is 12.4 Å². The molecule has 3 aliphatic heterocycles. The van der Waals surface area contributed by atoms with E-state index in [4.69, 9.17) is 23.5 Å². The summed E-state index contributed by atoms with van der Waals surface area (Å²) >= 11 is 0. The lowest BCUT2D eigenvalue weighted by molar-refractivity contribution is -0.135. The van der Waals surface area contributed by atoms with E-state index in [1.54, 1.807) is 20.1 Å². The van der Waals surface area contributed by atoms with E-state index in [1.807, 2.05) is 57.3 Å². The number of Topliss-reactive ketones (excluding diaryl/α,β-unsaturated/α-hetero) is 1. The number of hydrogen-bond acceptors (Lipinski definition) is 10. The first-order valence-corrected chi connectivity index (χ1v) is 15.9. The number of para-hydroxylation sites is 1. The zero-order valence-electron chi connectivity index (χ0n) is 26.6. The Hall–Kier alpha value is -4.48. The summed E-state index contributed by atoms with van der Waals surface area (Å²) in [4.78, 5) is 36.9. The number of ketones is 1. The molecule has 0 saturated carbocycles. The summed E-state index contributed by atoms with van der Waals surface area (Å²) in [6, 6.07) is 13.3. The first-order chi connectivity index (χ1) is 22.1. The molecular weight excluding hydrogens is 586 g/mol. The van der Waals surface area contributed by atoms with Crippen LogP contribution >= 0.6 is 0 Å². The first-order valence-electron chi connectivity index (χ1n) is 15.9. The number of carbonyl (C=O) groups excluding carboxylic acids is 2. The van der Waals surface area contributed by atoms with Crippen molar-refractivity contribution in [1.29, 1.82) is 0 Å². The summed E-state index contributed by atoms with van der Waals surface area (Å²) in [6.07, 6.45) is 0.0751. The minimum Gasteiger partial charge on any atom is -0.469 e. The quantitative estimate of drug-likeness (QED) is 0.220. The molecule has 240 valence electrons. The Bertz CT molecular complexity index is 1810. The van der Waals surface area contributed by atoms with Gasteiger partial charge >= 0.3 is 0 Å². The number of nitrogens with zero attached hydrogens (tertiary/aromatic N) is 2. The normalized spacial score (nSPS) is 23.6. The predicted molar refractivity (Wildman–Crippen MR) is 169 cm³/mol. The molecule has 7 rings (SSSR count). The fourth-order valence-electron chi connectivity index (χ4n) is 6.98. The van der Waals surface area contributed by atoms with Crippen LogP contribution < -0.4 is 20.7 Å². The minimum absolute atomic E-state index is 0.103. The van der Waals surface area contributed by atoms with Gasteiger partial charge in [0, 0.05) is 30.1 Å². The minimum atomic E-state index is -1.15. The maximum Gasteiger partial charge on any atom is 0.249 e. The molecule has 4 aromatic rings. The van der Waals surface area contributed by atoms with Crippen molar-refractivity contribution in [1.82, 2.24) is 20.6 Å². The van der Waals surface area contributed by atoms with Gasteiger partial charge in [-0.2, -0.15) is 0 Å². The van der Waals surface area contributed by atoms with Crippen molar-refractivity contribution in [2.45, 2.75) is 70.9 Å². The van der Waals surface area contributed by atoms with Gasteiger partial charge in [-0.15, -0.1) is 0 Å². The second kappa shape index (κ2) is 11.4. The van der Waals surface area contributed by atoms with Crippen LogP contribution in [-0.2, 0) is 28.0 Å². The maximum atomic E-state index is 14.0. The summed E-state index contributed by atoms with van der Waals surface area (Å²) in [6.45, 7) is 8.04. The lowest BCUT2D eigenvalue weighted by Crippen LogP contribution is -2.41. The second-order valence-electron chi connectivity index (χ2n) is 13.2. The van der Waals surface area contributed by atoms with Gasteiger partial charge in [0.1, 0.15) is 29.6 Å². The summed E-state index contributed by atoms with van der Waals surface area (Å²) in [5.74, 6) is -0.00405. The summed E-state index contributed by atoms with van der Waals surface area (Å²) in [5, 5.41) is 20.4. The Kier molecular flexibility index (Phi) is 7.48. The van der Waals surface area contributed by atoms with Crippen LogP contribution in [0.15, 0.2) is 57.6 Å². The van der Waals surface area contributed by atoms with Crippen molar-refractivity contribution >= 4 is 17.4 Å². The van der Waals surface area contributed by atoms with E-state index in [9.17, 15) is 14.7 Å². The fourth-order valence-corrected chi connectivity index (χ4v) is 6.98. The zero-order chi connectivity index (χ0) is 32.3. The van der Waals surface area contributed by atoms with Crippen LogP contribution in [0.25, 0.3) is 11.6 Å². The van der Waals surface area contributed by atoms with Crippen LogP contribution in [0.3, 0.4) is 0 Å². The van der Waals surface area contributed by atoms with Gasteiger partial charge in [-0.3, -0.25) is 9.59 Å². The number of oxazole rings is 2. The average Bonchev–Trinajstić information content (AvgIpc) is 3.79. The molecular formula is C35H39N5O6. The number of benzene rings is 2. The van der Waals surface area contributed by atoms with Crippen molar-refractivity contribution in [3.05, 3.63) is 82.8 Å². The molecule has 1 unspecified atom stereocenters. The molecule has 0 fully saturated rings. The zero-order valence-corrected chi connectivity index (χ0v) is 26.6. The van der Waals surface area contributed by atoms with Crippen LogP contribution in [-0.4, -0.2) is 46.1 Å². The third-order valence-electron chi connectivity index (χ3n) is 9.35. The highest BCUT2D eigenvalue weighted by Crippen LogP contribution is 2.59. The molecule has 2 aromatic carbocycles. The molecule has 1 spiro atoms. The van der Waals surface area contributed by atoms with Crippen LogP contribution in [0.5, 0.6) is 5.75 Å². The smallest absolute Gasteiger partial charge is 0.249 e. The van der Waals surface area contributed by atoms with Crippen molar-refractivity contribution < 1.29 is 28.3 Å². The number of nitrogens with one attached hydrogen (secondary N) is 3. The largest absolute Gasteiger partial charge is 0.469 e. The van der Waals surface area contributed by atoms with E-state index in [0.29, 0.717) is 47.6 Å². The number of aliphatic hydroxyl groups excluding tert-OH is 1. The standard InChI is InChI=1S/C35H39N5O6/c1-17(2)27-33-40-28(32-37-21(15-36-5)16-44-32)30(46-33)35-22-8-6-7-9-24(22)38-34(35)45-26-11-10-19(13-23(26)35)12-20(31(43)39-27)14-25(41)29(42)18(3)4/h6-11,13,16-18,20,27,29,34,36,38,42H,12,14-15H2,1-5H3,(H,39,43)/t20-,27+,29+,34+,35?/m1/s1. The van der Waals surface area contributed by atoms with Crippen molar-refractivity contribution in [2.24, 2.45) is 17.8 Å². The van der Waals surface area contributed by atoms with Crippen LogP contribution in [0.1, 0.15) is 74.2 Å². The lowest BCUT2D eigenvalue weighted by atomic mass is 9.72. The Morgan fingerprint density at radius 2 is 1.91 bits per heavy atom. The number of ether oxygens (including phenoxy) is 1. The number of anilines is 1. The average molecular weight is 626 g/mol. The second-order valence-corrected chi connectivity index (χ2v) is 13.2. The van der Waals surface area contributed by atoms with E-state index in [0.717, 1.165) is 22.4 Å². The topological polar surface area (TPSA) is 152 Å². The van der Waals surface area contributed by atoms with E-state index >= 15 is 0 Å². The molecule has 46 heavy (non-hydrogen) atoms. The monoisotopic (exact) mass is 625 g/mol. The lowest BCUT2D eigenvalue weighted by Gasteiger charge is -2.28. The highest BCUT2D eigenvalue weighted by Gasteiger charge is 2.61. The van der Waals surface area contributed by atoms with Gasteiger partial charge in [0.15, 0.2) is 23.5 Å². The predicted octanol–water partition coefficient (Wildman–Crippen LogP) is 4.49. The van der Waals surface area contributed by atoms with E-state index < -0.39 is 29.7 Å². The Labute approximate surface area is 267 Å². The van der Waals surface area contributed by atoms with Crippen molar-refractivity contribution in [3.63, 3.8) is 0 Å². The Morgan fingerprint density at radius 1 is 1.11 bits per heavy atom. The molecule has 5 atom stereocenters. The van der Waals surface area contributed by atoms with Crippen LogP contribution in [0, 0.1) is 17.8 Å². The van der Waals surface area contributed by atoms with Gasteiger partial charge in [-0.25, -0.2) is 9.97 Å². The van der Waals surface area contributed by atoms with Crippen molar-refractivity contribution in [3.8, 4) is 17.3 Å². The summed E-state index contributed by atoms with van der Waals surface area (Å²) in [5.41, 5.74) is 3.73. The Morgan fingerprint density at radius 3 is 2.67 bits per heavy atom. The Balaban J connectivity index is 1.47. The number of aliphatic hydroxyl groups is 1. The third kappa shape index (κ3) is 4.72. The summed E-state index contributed by atoms with van der Waals surface area (Å²) in [7, 11) is 1.84. The molecule has 0 saturated heterocycles.